The molecule has 30 heavy (non-hydrogen) atoms. The Labute approximate surface area is 177 Å². The number of carbonyl (C=O) groups excluding carboxylic acids is 1. The molecule has 0 aliphatic carbocycles. The number of aliphatic imine (C=N–C) groups is 1. The number of guanidine groups is 1. The number of aromatic nitrogens is 2. The first kappa shape index (κ1) is 21.7. The normalized spacial score (nSPS) is 20.4. The third-order valence-corrected chi connectivity index (χ3v) is 6.62. The summed E-state index contributed by atoms with van der Waals surface area (Å²) in [5, 5.41) is 2.59. The summed E-state index contributed by atoms with van der Waals surface area (Å²) in [5.41, 5.74) is 4.23. The van der Waals surface area contributed by atoms with E-state index in [1.807, 2.05) is 0 Å². The van der Waals surface area contributed by atoms with Gasteiger partial charge in [0.05, 0.1) is 19.1 Å². The van der Waals surface area contributed by atoms with E-state index in [1.54, 1.807) is 0 Å². The van der Waals surface area contributed by atoms with Crippen LogP contribution in [0.5, 0.6) is 5.88 Å². The topological polar surface area (TPSA) is 140 Å². The van der Waals surface area contributed by atoms with Crippen LogP contribution in [0.15, 0.2) is 29.4 Å². The Morgan fingerprint density at radius 3 is 2.77 bits per heavy atom. The summed E-state index contributed by atoms with van der Waals surface area (Å²) < 4.78 is 45.2. The Morgan fingerprint density at radius 1 is 1.43 bits per heavy atom. The van der Waals surface area contributed by atoms with Gasteiger partial charge in [-0.2, -0.15) is 4.98 Å². The molecule has 0 unspecified atom stereocenters. The molecule has 0 radical (unpaired) electrons. The zero-order chi connectivity index (χ0) is 22.3. The van der Waals surface area contributed by atoms with Gasteiger partial charge in [-0.05, 0) is 25.1 Å². The largest absolute Gasteiger partial charge is 0.479 e. The SMILES string of the molecule is COc1nc(Cl)cnc1C(=O)Nc1ccc(F)c([C@]2(C)CS(=O)(=O)N(C)C(N)=N2)c1. The van der Waals surface area contributed by atoms with E-state index in [1.165, 1.54) is 39.4 Å². The number of amides is 1. The van der Waals surface area contributed by atoms with Gasteiger partial charge in [0.15, 0.2) is 10.8 Å². The molecule has 3 N–H and O–H groups in total. The summed E-state index contributed by atoms with van der Waals surface area (Å²) >= 11 is 5.74. The Bertz CT molecular complexity index is 1160. The Hall–Kier alpha value is -2.99. The second-order valence-corrected chi connectivity index (χ2v) is 9.05. The quantitative estimate of drug-likeness (QED) is 0.707. The van der Waals surface area contributed by atoms with E-state index >= 15 is 0 Å². The molecule has 1 aliphatic rings. The highest BCUT2D eigenvalue weighted by atomic mass is 35.5. The maximum atomic E-state index is 14.6. The summed E-state index contributed by atoms with van der Waals surface area (Å²) in [7, 11) is -1.23. The highest BCUT2D eigenvalue weighted by molar-refractivity contribution is 7.89. The summed E-state index contributed by atoms with van der Waals surface area (Å²) in [6.07, 6.45) is 1.18. The molecule has 1 atom stereocenters. The van der Waals surface area contributed by atoms with Crippen molar-refractivity contribution in [3.8, 4) is 5.88 Å². The van der Waals surface area contributed by atoms with Gasteiger partial charge in [0, 0.05) is 18.3 Å². The average Bonchev–Trinajstić information content (AvgIpc) is 2.66. The lowest BCUT2D eigenvalue weighted by molar-refractivity contribution is 0.101. The van der Waals surface area contributed by atoms with Crippen LogP contribution in [0, 0.1) is 5.82 Å². The van der Waals surface area contributed by atoms with Gasteiger partial charge in [0.1, 0.15) is 11.4 Å². The van der Waals surface area contributed by atoms with Crippen molar-refractivity contribution in [1.29, 1.82) is 0 Å². The predicted molar refractivity (Wildman–Crippen MR) is 108 cm³/mol. The fourth-order valence-electron chi connectivity index (χ4n) is 2.94. The first-order chi connectivity index (χ1) is 14.0. The van der Waals surface area contributed by atoms with Crippen molar-refractivity contribution in [1.82, 2.24) is 14.3 Å². The molecule has 13 heteroatoms. The third-order valence-electron chi connectivity index (χ3n) is 4.49. The van der Waals surface area contributed by atoms with Crippen LogP contribution >= 0.6 is 11.6 Å². The number of halogens is 2. The smallest absolute Gasteiger partial charge is 0.279 e. The molecule has 0 bridgehead atoms. The van der Waals surface area contributed by atoms with Crippen molar-refractivity contribution >= 4 is 39.2 Å². The maximum Gasteiger partial charge on any atom is 0.279 e. The Kier molecular flexibility index (Phi) is 5.56. The summed E-state index contributed by atoms with van der Waals surface area (Å²) in [6, 6.07) is 3.70. The Balaban J connectivity index is 1.98. The number of ether oxygens (including phenoxy) is 1. The van der Waals surface area contributed by atoms with Crippen LogP contribution in [0.25, 0.3) is 0 Å². The van der Waals surface area contributed by atoms with Crippen LogP contribution < -0.4 is 15.8 Å². The number of nitrogens with two attached hydrogens (primary N) is 1. The van der Waals surface area contributed by atoms with E-state index in [0.717, 1.165) is 10.4 Å². The van der Waals surface area contributed by atoms with Crippen molar-refractivity contribution in [2.75, 3.05) is 25.2 Å². The van der Waals surface area contributed by atoms with Crippen LogP contribution in [0.2, 0.25) is 5.15 Å². The second kappa shape index (κ2) is 7.69. The maximum absolute atomic E-state index is 14.6. The van der Waals surface area contributed by atoms with E-state index in [4.69, 9.17) is 22.1 Å². The van der Waals surface area contributed by atoms with E-state index in [9.17, 15) is 17.6 Å². The van der Waals surface area contributed by atoms with Gasteiger partial charge in [-0.1, -0.05) is 11.6 Å². The molecule has 160 valence electrons. The summed E-state index contributed by atoms with van der Waals surface area (Å²) in [4.78, 5) is 24.5. The van der Waals surface area contributed by atoms with Crippen molar-refractivity contribution in [3.63, 3.8) is 0 Å². The number of nitrogens with one attached hydrogen (secondary N) is 1. The number of hydrogen-bond donors (Lipinski definition) is 2. The second-order valence-electron chi connectivity index (χ2n) is 6.67. The molecule has 2 heterocycles. The third kappa shape index (κ3) is 4.00. The molecule has 10 nitrogen and oxygen atoms in total. The summed E-state index contributed by atoms with van der Waals surface area (Å²) in [6.45, 7) is 1.45. The molecular weight excluding hydrogens is 439 g/mol. The van der Waals surface area contributed by atoms with Crippen molar-refractivity contribution in [2.24, 2.45) is 10.7 Å². The lowest BCUT2D eigenvalue weighted by Crippen LogP contribution is -2.50. The van der Waals surface area contributed by atoms with Crippen LogP contribution in [-0.4, -0.2) is 54.5 Å². The molecule has 1 aliphatic heterocycles. The van der Waals surface area contributed by atoms with Crippen LogP contribution in [0.3, 0.4) is 0 Å². The highest BCUT2D eigenvalue weighted by Gasteiger charge is 2.41. The predicted octanol–water partition coefficient (Wildman–Crippen LogP) is 1.34. The number of nitrogens with zero attached hydrogens (tertiary/aromatic N) is 4. The molecule has 1 aromatic carbocycles. The minimum Gasteiger partial charge on any atom is -0.479 e. The standard InChI is InChI=1S/C17H18ClFN6O4S/c1-17(8-30(27,28)25(2)16(20)24-17)10-6-9(4-5-11(10)19)22-14(26)13-15(29-3)23-12(18)7-21-13/h4-7H,8H2,1-3H3,(H2,20,24)(H,22,26)/t17-/m0/s1. The summed E-state index contributed by atoms with van der Waals surface area (Å²) in [5.74, 6) is -2.23. The molecule has 0 fully saturated rings. The molecule has 0 spiro atoms. The van der Waals surface area contributed by atoms with Gasteiger partial charge < -0.3 is 15.8 Å². The van der Waals surface area contributed by atoms with Crippen LogP contribution in [-0.2, 0) is 15.6 Å². The molecule has 1 amide bonds. The molecule has 1 aromatic heterocycles. The van der Waals surface area contributed by atoms with Gasteiger partial charge in [0.25, 0.3) is 5.91 Å². The molecule has 0 saturated carbocycles. The van der Waals surface area contributed by atoms with Gasteiger partial charge in [-0.15, -0.1) is 0 Å². The van der Waals surface area contributed by atoms with Gasteiger partial charge in [0.2, 0.25) is 21.9 Å². The van der Waals surface area contributed by atoms with E-state index in [-0.39, 0.29) is 33.9 Å². The number of benzene rings is 1. The zero-order valence-corrected chi connectivity index (χ0v) is 17.8. The van der Waals surface area contributed by atoms with Gasteiger partial charge in [-0.25, -0.2) is 27.1 Å². The van der Waals surface area contributed by atoms with Crippen molar-refractivity contribution < 1.29 is 22.3 Å². The molecule has 3 rings (SSSR count). The monoisotopic (exact) mass is 456 g/mol. The minimum absolute atomic E-state index is 0.0410. The van der Waals surface area contributed by atoms with Gasteiger partial charge in [-0.3, -0.25) is 4.79 Å². The number of rotatable bonds is 4. The lowest BCUT2D eigenvalue weighted by Gasteiger charge is -2.34. The number of anilines is 1. The fraction of sp³-hybridized carbons (Fsp3) is 0.294. The number of hydrogen-bond acceptors (Lipinski definition) is 8. The molecule has 0 saturated heterocycles. The first-order valence-corrected chi connectivity index (χ1v) is 10.5. The molecule has 2 aromatic rings. The van der Waals surface area contributed by atoms with Crippen molar-refractivity contribution in [2.45, 2.75) is 12.5 Å². The lowest BCUT2D eigenvalue weighted by atomic mass is 9.93. The minimum atomic E-state index is -3.80. The van der Waals surface area contributed by atoms with Crippen molar-refractivity contribution in [3.05, 3.63) is 46.6 Å². The van der Waals surface area contributed by atoms with Crippen LogP contribution in [0.1, 0.15) is 23.0 Å². The highest BCUT2D eigenvalue weighted by Crippen LogP contribution is 2.35. The number of carbonyl (C=O) groups is 1. The fourth-order valence-corrected chi connectivity index (χ4v) is 4.52. The zero-order valence-electron chi connectivity index (χ0n) is 16.2. The van der Waals surface area contributed by atoms with Gasteiger partial charge >= 0.3 is 0 Å². The van der Waals surface area contributed by atoms with E-state index in [2.05, 4.69) is 20.3 Å². The molecular formula is C17H18ClFN6O4S. The average molecular weight is 457 g/mol. The van der Waals surface area contributed by atoms with Crippen LogP contribution in [0.4, 0.5) is 10.1 Å². The van der Waals surface area contributed by atoms with E-state index < -0.39 is 33.0 Å². The Morgan fingerprint density at radius 2 is 2.13 bits per heavy atom. The number of sulfonamides is 1. The van der Waals surface area contributed by atoms with E-state index in [0.29, 0.717) is 0 Å². The first-order valence-electron chi connectivity index (χ1n) is 8.47. The number of methoxy groups -OCH3 is 1.